The summed E-state index contributed by atoms with van der Waals surface area (Å²) in [4.78, 5) is 12.0. The monoisotopic (exact) mass is 242 g/mol. The van der Waals surface area contributed by atoms with Crippen molar-refractivity contribution in [2.24, 2.45) is 0 Å². The van der Waals surface area contributed by atoms with Crippen molar-refractivity contribution in [3.05, 3.63) is 41.5 Å². The fourth-order valence-corrected chi connectivity index (χ4v) is 2.57. The highest BCUT2D eigenvalue weighted by Crippen LogP contribution is 2.42. The van der Waals surface area contributed by atoms with E-state index in [2.05, 4.69) is 0 Å². The molecule has 92 valence electrons. The van der Waals surface area contributed by atoms with Crippen molar-refractivity contribution < 1.29 is 14.3 Å². The minimum atomic E-state index is -0.278. The van der Waals surface area contributed by atoms with Crippen LogP contribution in [0.5, 0.6) is 5.75 Å². The van der Waals surface area contributed by atoms with E-state index in [-0.39, 0.29) is 12.1 Å². The van der Waals surface area contributed by atoms with Crippen LogP contribution in [0.15, 0.2) is 30.3 Å². The molecule has 0 amide bonds. The number of esters is 1. The first-order chi connectivity index (χ1) is 8.76. The van der Waals surface area contributed by atoms with Gasteiger partial charge in [0.1, 0.15) is 17.4 Å². The van der Waals surface area contributed by atoms with E-state index in [1.165, 1.54) is 0 Å². The van der Waals surface area contributed by atoms with Crippen LogP contribution in [0.4, 0.5) is 0 Å². The number of cyclic esters (lactones) is 1. The third-order valence-corrected chi connectivity index (χ3v) is 3.41. The maximum absolute atomic E-state index is 12.0. The summed E-state index contributed by atoms with van der Waals surface area (Å²) in [5.74, 6) is 0.350. The lowest BCUT2D eigenvalue weighted by Crippen LogP contribution is -1.99. The van der Waals surface area contributed by atoms with Gasteiger partial charge in [-0.2, -0.15) is 0 Å². The molecule has 3 heteroatoms. The second-order valence-corrected chi connectivity index (χ2v) is 4.40. The maximum Gasteiger partial charge on any atom is 0.342 e. The highest BCUT2D eigenvalue weighted by Gasteiger charge is 2.34. The Morgan fingerprint density at radius 3 is 2.83 bits per heavy atom. The third-order valence-electron chi connectivity index (χ3n) is 3.41. The van der Waals surface area contributed by atoms with Crippen LogP contribution in [0, 0.1) is 0 Å². The van der Waals surface area contributed by atoms with Crippen molar-refractivity contribution in [1.29, 1.82) is 0 Å². The molecule has 0 aliphatic carbocycles. The summed E-state index contributed by atoms with van der Waals surface area (Å²) in [5.41, 5.74) is 1.53. The molecule has 1 aliphatic heterocycles. The van der Waals surface area contributed by atoms with Gasteiger partial charge in [0.05, 0.1) is 7.11 Å². The minimum absolute atomic E-state index is 0.147. The van der Waals surface area contributed by atoms with E-state index in [4.69, 9.17) is 9.47 Å². The smallest absolute Gasteiger partial charge is 0.342 e. The Bertz CT molecular complexity index is 631. The molecule has 0 radical (unpaired) electrons. The van der Waals surface area contributed by atoms with Gasteiger partial charge >= 0.3 is 5.97 Å². The van der Waals surface area contributed by atoms with Gasteiger partial charge in [-0.15, -0.1) is 0 Å². The van der Waals surface area contributed by atoms with Gasteiger partial charge in [0, 0.05) is 10.9 Å². The lowest BCUT2D eigenvalue weighted by molar-refractivity contribution is 0.0377. The summed E-state index contributed by atoms with van der Waals surface area (Å²) in [7, 11) is 1.59. The Labute approximate surface area is 105 Å². The molecule has 1 atom stereocenters. The predicted molar refractivity (Wildman–Crippen MR) is 68.9 cm³/mol. The summed E-state index contributed by atoms with van der Waals surface area (Å²) in [5, 5.41) is 2.03. The highest BCUT2D eigenvalue weighted by molar-refractivity contribution is 6.05. The molecular formula is C15H14O3. The number of carbonyl (C=O) groups excluding carboxylic acids is 1. The first-order valence-electron chi connectivity index (χ1n) is 6.07. The number of ether oxygens (including phenoxy) is 2. The van der Waals surface area contributed by atoms with Crippen LogP contribution in [0.25, 0.3) is 10.8 Å². The Balaban J connectivity index is 2.38. The second-order valence-electron chi connectivity index (χ2n) is 4.40. The van der Waals surface area contributed by atoms with E-state index in [9.17, 15) is 4.79 Å². The SMILES string of the molecule is CCC1OC(=O)c2c1cc1ccccc1c2OC. The average molecular weight is 242 g/mol. The van der Waals surface area contributed by atoms with Gasteiger partial charge in [-0.1, -0.05) is 31.2 Å². The number of benzene rings is 2. The summed E-state index contributed by atoms with van der Waals surface area (Å²) in [6.07, 6.45) is 0.631. The molecule has 0 saturated heterocycles. The van der Waals surface area contributed by atoms with Gasteiger partial charge in [-0.25, -0.2) is 4.79 Å². The summed E-state index contributed by atoms with van der Waals surface area (Å²) in [6, 6.07) is 9.93. The zero-order valence-electron chi connectivity index (χ0n) is 10.4. The first kappa shape index (κ1) is 11.1. The normalized spacial score (nSPS) is 17.7. The molecule has 0 saturated carbocycles. The van der Waals surface area contributed by atoms with Gasteiger partial charge in [0.2, 0.25) is 0 Å². The number of rotatable bonds is 2. The van der Waals surface area contributed by atoms with Crippen molar-refractivity contribution in [2.75, 3.05) is 7.11 Å². The van der Waals surface area contributed by atoms with Crippen LogP contribution in [0.2, 0.25) is 0 Å². The van der Waals surface area contributed by atoms with Crippen molar-refractivity contribution >= 4 is 16.7 Å². The number of hydrogen-bond donors (Lipinski definition) is 0. The predicted octanol–water partition coefficient (Wildman–Crippen LogP) is 3.47. The topological polar surface area (TPSA) is 35.5 Å². The minimum Gasteiger partial charge on any atom is -0.495 e. The molecule has 0 N–H and O–H groups in total. The van der Waals surface area contributed by atoms with Crippen LogP contribution >= 0.6 is 0 Å². The van der Waals surface area contributed by atoms with E-state index >= 15 is 0 Å². The molecule has 18 heavy (non-hydrogen) atoms. The Hall–Kier alpha value is -2.03. The number of carbonyl (C=O) groups is 1. The van der Waals surface area contributed by atoms with Gasteiger partial charge in [-0.05, 0) is 17.9 Å². The van der Waals surface area contributed by atoms with Crippen molar-refractivity contribution in [2.45, 2.75) is 19.4 Å². The van der Waals surface area contributed by atoms with Crippen LogP contribution in [-0.2, 0) is 4.74 Å². The molecule has 0 bridgehead atoms. The molecule has 0 aromatic heterocycles. The van der Waals surface area contributed by atoms with Gasteiger partial charge in [-0.3, -0.25) is 0 Å². The Morgan fingerprint density at radius 2 is 2.11 bits per heavy atom. The van der Waals surface area contributed by atoms with E-state index in [1.807, 2.05) is 37.3 Å². The molecule has 2 aromatic carbocycles. The molecule has 1 aliphatic rings. The number of hydrogen-bond acceptors (Lipinski definition) is 3. The van der Waals surface area contributed by atoms with E-state index < -0.39 is 0 Å². The molecule has 1 unspecified atom stereocenters. The summed E-state index contributed by atoms with van der Waals surface area (Å²) < 4.78 is 10.8. The lowest BCUT2D eigenvalue weighted by atomic mass is 9.97. The summed E-state index contributed by atoms with van der Waals surface area (Å²) in [6.45, 7) is 2.01. The number of fused-ring (bicyclic) bond motifs is 2. The zero-order chi connectivity index (χ0) is 12.7. The average Bonchev–Trinajstić information content (AvgIpc) is 2.73. The second kappa shape index (κ2) is 4.02. The Kier molecular flexibility index (Phi) is 2.47. The van der Waals surface area contributed by atoms with Crippen LogP contribution in [0.3, 0.4) is 0 Å². The molecule has 1 heterocycles. The molecule has 2 aromatic rings. The Morgan fingerprint density at radius 1 is 1.33 bits per heavy atom. The van der Waals surface area contributed by atoms with Gasteiger partial charge < -0.3 is 9.47 Å². The summed E-state index contributed by atoms with van der Waals surface area (Å²) >= 11 is 0. The standard InChI is InChI=1S/C15H14O3/c1-3-12-11-8-9-6-4-5-7-10(9)14(17-2)13(11)15(16)18-12/h4-8,12H,3H2,1-2H3. The van der Waals surface area contributed by atoms with E-state index in [1.54, 1.807) is 7.11 Å². The van der Waals surface area contributed by atoms with Crippen molar-refractivity contribution in [3.63, 3.8) is 0 Å². The molecular weight excluding hydrogens is 228 g/mol. The van der Waals surface area contributed by atoms with Gasteiger partial charge in [0.25, 0.3) is 0 Å². The fraction of sp³-hybridized carbons (Fsp3) is 0.267. The third kappa shape index (κ3) is 1.40. The molecule has 3 nitrogen and oxygen atoms in total. The van der Waals surface area contributed by atoms with Crippen molar-refractivity contribution in [1.82, 2.24) is 0 Å². The quantitative estimate of drug-likeness (QED) is 0.756. The zero-order valence-corrected chi connectivity index (χ0v) is 10.4. The van der Waals surface area contributed by atoms with E-state index in [0.717, 1.165) is 22.8 Å². The molecule has 0 fully saturated rings. The van der Waals surface area contributed by atoms with Crippen molar-refractivity contribution in [3.8, 4) is 5.75 Å². The van der Waals surface area contributed by atoms with Crippen LogP contribution in [0.1, 0.15) is 35.4 Å². The van der Waals surface area contributed by atoms with E-state index in [0.29, 0.717) is 11.3 Å². The maximum atomic E-state index is 12.0. The molecule has 3 rings (SSSR count). The first-order valence-corrected chi connectivity index (χ1v) is 6.07. The largest absolute Gasteiger partial charge is 0.495 e. The fourth-order valence-electron chi connectivity index (χ4n) is 2.57. The van der Waals surface area contributed by atoms with Gasteiger partial charge in [0.15, 0.2) is 0 Å². The molecule has 0 spiro atoms. The van der Waals surface area contributed by atoms with Crippen LogP contribution < -0.4 is 4.74 Å². The number of methoxy groups -OCH3 is 1. The lowest BCUT2D eigenvalue weighted by Gasteiger charge is -2.10. The van der Waals surface area contributed by atoms with Crippen LogP contribution in [-0.4, -0.2) is 13.1 Å². The highest BCUT2D eigenvalue weighted by atomic mass is 16.6.